The lowest BCUT2D eigenvalue weighted by molar-refractivity contribution is -0.0174. The van der Waals surface area contributed by atoms with E-state index in [1.165, 1.54) is 82.0 Å². The van der Waals surface area contributed by atoms with Crippen molar-refractivity contribution >= 4 is 18.0 Å². The second kappa shape index (κ2) is 15.9. The number of phenolic OH excluding ortho intramolecular Hbond substituents is 3. The van der Waals surface area contributed by atoms with Crippen LogP contribution >= 0.6 is 0 Å². The topological polar surface area (TPSA) is 170 Å². The largest absolute Gasteiger partial charge is 0.508 e. The van der Waals surface area contributed by atoms with Gasteiger partial charge in [-0.05, 0) is 84.4 Å². The van der Waals surface area contributed by atoms with E-state index in [2.05, 4.69) is 0 Å². The Morgan fingerprint density at radius 1 is 0.702 bits per heavy atom. The van der Waals surface area contributed by atoms with Crippen molar-refractivity contribution < 1.29 is 58.4 Å². The summed E-state index contributed by atoms with van der Waals surface area (Å²) in [7, 11) is 4.11. The van der Waals surface area contributed by atoms with Gasteiger partial charge in [0.05, 0.1) is 32.5 Å². The molecule has 0 radical (unpaired) electrons. The Kier molecular flexibility index (Phi) is 11.5. The number of benzene rings is 4. The van der Waals surface area contributed by atoms with Crippen LogP contribution in [0.15, 0.2) is 84.9 Å². The SMILES string of the molecule is COc1cc(/C=C/COC(=O)c2ccc(O)cc2)ccc1O[C@@H](COC(=O)c1ccc(O)cc1)[C@@H](O)c1ccc(OC)c(O)c1OC. The minimum atomic E-state index is -1.48. The molecule has 0 aliphatic carbocycles. The molecule has 0 amide bonds. The van der Waals surface area contributed by atoms with Crippen LogP contribution in [0.25, 0.3) is 6.08 Å². The first-order valence-corrected chi connectivity index (χ1v) is 14.2. The Bertz CT molecular complexity index is 1700. The molecule has 0 bridgehead atoms. The fraction of sp³-hybridized carbons (Fsp3) is 0.200. The second-order valence-electron chi connectivity index (χ2n) is 9.94. The van der Waals surface area contributed by atoms with Gasteiger partial charge >= 0.3 is 11.9 Å². The highest BCUT2D eigenvalue weighted by Gasteiger charge is 2.30. The third-order valence-corrected chi connectivity index (χ3v) is 6.89. The van der Waals surface area contributed by atoms with E-state index in [1.807, 2.05) is 0 Å². The van der Waals surface area contributed by atoms with Crippen molar-refractivity contribution in [1.29, 1.82) is 0 Å². The summed E-state index contributed by atoms with van der Waals surface area (Å²) in [5.74, 6) is -1.06. The summed E-state index contributed by atoms with van der Waals surface area (Å²) < 4.78 is 32.9. The maximum absolute atomic E-state index is 12.8. The van der Waals surface area contributed by atoms with Crippen LogP contribution in [0.5, 0.6) is 40.2 Å². The molecule has 0 fully saturated rings. The van der Waals surface area contributed by atoms with Crippen molar-refractivity contribution in [2.75, 3.05) is 34.5 Å². The molecule has 0 unspecified atom stereocenters. The Labute approximate surface area is 270 Å². The molecule has 12 nitrogen and oxygen atoms in total. The minimum Gasteiger partial charge on any atom is -0.508 e. The number of ether oxygens (including phenoxy) is 6. The fourth-order valence-electron chi connectivity index (χ4n) is 4.45. The van der Waals surface area contributed by atoms with E-state index in [4.69, 9.17) is 28.4 Å². The molecule has 4 N–H and O–H groups in total. The Balaban J connectivity index is 1.53. The molecule has 0 saturated carbocycles. The van der Waals surface area contributed by atoms with Crippen molar-refractivity contribution in [3.05, 3.63) is 107 Å². The zero-order valence-corrected chi connectivity index (χ0v) is 25.8. The number of hydrogen-bond donors (Lipinski definition) is 4. The molecule has 4 aromatic carbocycles. The van der Waals surface area contributed by atoms with Gasteiger partial charge in [0.15, 0.2) is 29.1 Å². The first-order chi connectivity index (χ1) is 22.6. The molecule has 0 heterocycles. The number of aliphatic hydroxyl groups excluding tert-OH is 1. The van der Waals surface area contributed by atoms with Gasteiger partial charge in [-0.15, -0.1) is 0 Å². The summed E-state index contributed by atoms with van der Waals surface area (Å²) in [5, 5.41) is 41.0. The van der Waals surface area contributed by atoms with Crippen LogP contribution in [0.1, 0.15) is 37.9 Å². The number of hydrogen-bond acceptors (Lipinski definition) is 12. The fourth-order valence-corrected chi connectivity index (χ4v) is 4.45. The first-order valence-electron chi connectivity index (χ1n) is 14.2. The molecule has 2 atom stereocenters. The van der Waals surface area contributed by atoms with Crippen LogP contribution in [0, 0.1) is 0 Å². The molecule has 0 saturated heterocycles. The maximum atomic E-state index is 12.8. The Morgan fingerprint density at radius 2 is 1.28 bits per heavy atom. The van der Waals surface area contributed by atoms with Crippen molar-refractivity contribution in [2.24, 2.45) is 0 Å². The van der Waals surface area contributed by atoms with E-state index in [1.54, 1.807) is 30.4 Å². The van der Waals surface area contributed by atoms with E-state index in [9.17, 15) is 30.0 Å². The van der Waals surface area contributed by atoms with Gasteiger partial charge in [-0.2, -0.15) is 0 Å². The lowest BCUT2D eigenvalue weighted by Crippen LogP contribution is -2.32. The summed E-state index contributed by atoms with van der Waals surface area (Å²) in [4.78, 5) is 25.0. The van der Waals surface area contributed by atoms with E-state index in [0.717, 1.165) is 0 Å². The van der Waals surface area contributed by atoms with Crippen molar-refractivity contribution in [3.8, 4) is 40.2 Å². The average Bonchev–Trinajstić information content (AvgIpc) is 3.08. The van der Waals surface area contributed by atoms with Gasteiger partial charge in [-0.25, -0.2) is 9.59 Å². The normalized spacial score (nSPS) is 12.2. The van der Waals surface area contributed by atoms with Gasteiger partial charge in [-0.1, -0.05) is 12.1 Å². The van der Waals surface area contributed by atoms with E-state index in [0.29, 0.717) is 11.1 Å². The molecule has 47 heavy (non-hydrogen) atoms. The zero-order valence-electron chi connectivity index (χ0n) is 25.8. The van der Waals surface area contributed by atoms with Crippen molar-refractivity contribution in [3.63, 3.8) is 0 Å². The molecule has 0 aromatic heterocycles. The summed E-state index contributed by atoms with van der Waals surface area (Å²) >= 11 is 0. The molecule has 0 aliphatic rings. The van der Waals surface area contributed by atoms with Gasteiger partial charge < -0.3 is 48.8 Å². The molecule has 0 spiro atoms. The maximum Gasteiger partial charge on any atom is 0.338 e. The highest BCUT2D eigenvalue weighted by atomic mass is 16.6. The van der Waals surface area contributed by atoms with Crippen molar-refractivity contribution in [2.45, 2.75) is 12.2 Å². The summed E-state index contributed by atoms with van der Waals surface area (Å²) in [5.41, 5.74) is 1.27. The number of carbonyl (C=O) groups is 2. The smallest absolute Gasteiger partial charge is 0.338 e. The molecular weight excluding hydrogens is 612 g/mol. The predicted molar refractivity (Wildman–Crippen MR) is 169 cm³/mol. The first kappa shape index (κ1) is 34.0. The zero-order chi connectivity index (χ0) is 33.9. The van der Waals surface area contributed by atoms with Crippen LogP contribution in [0.4, 0.5) is 0 Å². The number of rotatable bonds is 14. The molecule has 4 aromatic rings. The van der Waals surface area contributed by atoms with Gasteiger partial charge in [-0.3, -0.25) is 0 Å². The van der Waals surface area contributed by atoms with Gasteiger partial charge in [0.1, 0.15) is 30.8 Å². The van der Waals surface area contributed by atoms with Gasteiger partial charge in [0.25, 0.3) is 0 Å². The van der Waals surface area contributed by atoms with E-state index in [-0.39, 0.29) is 58.0 Å². The third-order valence-electron chi connectivity index (χ3n) is 6.89. The van der Waals surface area contributed by atoms with Crippen LogP contribution in [-0.2, 0) is 9.47 Å². The minimum absolute atomic E-state index is 0.0164. The molecule has 0 aliphatic heterocycles. The quantitative estimate of drug-likeness (QED) is 0.135. The number of phenols is 3. The highest BCUT2D eigenvalue weighted by molar-refractivity contribution is 5.90. The highest BCUT2D eigenvalue weighted by Crippen LogP contribution is 2.43. The van der Waals surface area contributed by atoms with E-state index >= 15 is 0 Å². The number of esters is 2. The summed E-state index contributed by atoms with van der Waals surface area (Å²) in [6.07, 6.45) is 0.618. The predicted octanol–water partition coefficient (Wildman–Crippen LogP) is 5.04. The average molecular weight is 647 g/mol. The number of aromatic hydroxyl groups is 3. The molecular formula is C35H34O12. The number of methoxy groups -OCH3 is 3. The van der Waals surface area contributed by atoms with E-state index < -0.39 is 30.8 Å². The monoisotopic (exact) mass is 646 g/mol. The molecule has 246 valence electrons. The summed E-state index contributed by atoms with van der Waals surface area (Å²) in [6, 6.07) is 19.0. The Hall–Kier alpha value is -5.88. The van der Waals surface area contributed by atoms with Gasteiger partial charge in [0.2, 0.25) is 5.75 Å². The van der Waals surface area contributed by atoms with Crippen molar-refractivity contribution in [1.82, 2.24) is 0 Å². The summed E-state index contributed by atoms with van der Waals surface area (Å²) in [6.45, 7) is -0.453. The Morgan fingerprint density at radius 3 is 1.85 bits per heavy atom. The molecule has 12 heteroatoms. The number of aliphatic hydroxyl groups is 1. The van der Waals surface area contributed by atoms with Gasteiger partial charge in [0, 0.05) is 5.56 Å². The number of carbonyl (C=O) groups excluding carboxylic acids is 2. The lowest BCUT2D eigenvalue weighted by Gasteiger charge is -2.26. The van der Waals surface area contributed by atoms with Crippen LogP contribution in [-0.4, -0.2) is 73.0 Å². The van der Waals surface area contributed by atoms with Crippen LogP contribution in [0.2, 0.25) is 0 Å². The lowest BCUT2D eigenvalue weighted by atomic mass is 10.0. The molecule has 4 rings (SSSR count). The van der Waals surface area contributed by atoms with Crippen LogP contribution in [0.3, 0.4) is 0 Å². The second-order valence-corrected chi connectivity index (χ2v) is 9.94. The standard InChI is InChI=1S/C35H34O12/c1-42-28-17-15-26(33(44-3)32(28)39)31(38)30(20-46-35(41)23-9-13-25(37)14-10-23)47-27-16-6-21(19-29(27)43-2)5-4-18-45-34(40)22-7-11-24(36)12-8-22/h4-17,19,30-31,36-39H,18,20H2,1-3H3/b5-4+/t30-,31-/m0/s1. The van der Waals surface area contributed by atoms with Crippen LogP contribution < -0.4 is 18.9 Å². The third kappa shape index (κ3) is 8.65.